The highest BCUT2D eigenvalue weighted by atomic mass is 16.3. The van der Waals surface area contributed by atoms with Crippen molar-refractivity contribution in [2.75, 3.05) is 5.32 Å². The van der Waals surface area contributed by atoms with Crippen LogP contribution in [0.2, 0.25) is 0 Å². The molecule has 1 aromatic carbocycles. The van der Waals surface area contributed by atoms with E-state index >= 15 is 0 Å². The van der Waals surface area contributed by atoms with Crippen LogP contribution >= 0.6 is 0 Å². The van der Waals surface area contributed by atoms with Gasteiger partial charge >= 0.3 is 6.03 Å². The fourth-order valence-corrected chi connectivity index (χ4v) is 3.13. The van der Waals surface area contributed by atoms with Gasteiger partial charge in [0, 0.05) is 10.9 Å². The van der Waals surface area contributed by atoms with Gasteiger partial charge in [0.05, 0.1) is 18.8 Å². The second-order valence-corrected chi connectivity index (χ2v) is 6.76. The monoisotopic (exact) mass is 338 g/mol. The van der Waals surface area contributed by atoms with E-state index < -0.39 is 0 Å². The number of benzene rings is 1. The molecule has 1 saturated carbocycles. The first kappa shape index (κ1) is 15.7. The SMILES string of the molecule is Cc1cnn([C@@H](C)C2CC2)c1NC(=O)NCc1cc2ccccc2o1. The number of amides is 2. The smallest absolute Gasteiger partial charge is 0.320 e. The molecule has 2 N–H and O–H groups in total. The van der Waals surface area contributed by atoms with E-state index in [-0.39, 0.29) is 6.03 Å². The minimum atomic E-state index is -0.256. The third kappa shape index (κ3) is 3.24. The summed E-state index contributed by atoms with van der Waals surface area (Å²) in [6.45, 7) is 4.45. The molecular formula is C19H22N4O2. The Hall–Kier alpha value is -2.76. The molecule has 2 amide bonds. The molecule has 1 fully saturated rings. The molecule has 130 valence electrons. The molecule has 3 aromatic rings. The number of nitrogens with one attached hydrogen (secondary N) is 2. The number of aromatic nitrogens is 2. The predicted molar refractivity (Wildman–Crippen MR) is 96.5 cm³/mol. The Morgan fingerprint density at radius 1 is 1.40 bits per heavy atom. The molecular weight excluding hydrogens is 316 g/mol. The van der Waals surface area contributed by atoms with Crippen LogP contribution in [0.25, 0.3) is 11.0 Å². The number of hydrogen-bond donors (Lipinski definition) is 2. The first-order valence-corrected chi connectivity index (χ1v) is 8.68. The third-order valence-electron chi connectivity index (χ3n) is 4.80. The number of nitrogens with zero attached hydrogens (tertiary/aromatic N) is 2. The zero-order chi connectivity index (χ0) is 17.4. The van der Waals surface area contributed by atoms with Gasteiger partial charge in [-0.2, -0.15) is 5.10 Å². The highest BCUT2D eigenvalue weighted by molar-refractivity contribution is 5.89. The van der Waals surface area contributed by atoms with E-state index in [1.165, 1.54) is 12.8 Å². The molecule has 0 unspecified atom stereocenters. The van der Waals surface area contributed by atoms with Crippen molar-refractivity contribution in [3.05, 3.63) is 47.9 Å². The molecule has 2 heterocycles. The minimum absolute atomic E-state index is 0.256. The molecule has 0 saturated heterocycles. The van der Waals surface area contributed by atoms with Gasteiger partial charge in [-0.05, 0) is 44.7 Å². The largest absolute Gasteiger partial charge is 0.459 e. The van der Waals surface area contributed by atoms with Crippen LogP contribution in [0.3, 0.4) is 0 Å². The summed E-state index contributed by atoms with van der Waals surface area (Å²) in [5.41, 5.74) is 1.79. The molecule has 4 rings (SSSR count). The summed E-state index contributed by atoms with van der Waals surface area (Å²) in [7, 11) is 0. The highest BCUT2D eigenvalue weighted by Crippen LogP contribution is 2.40. The molecule has 0 bridgehead atoms. The van der Waals surface area contributed by atoms with Crippen molar-refractivity contribution < 1.29 is 9.21 Å². The summed E-state index contributed by atoms with van der Waals surface area (Å²) >= 11 is 0. The predicted octanol–water partition coefficient (Wildman–Crippen LogP) is 4.23. The average molecular weight is 338 g/mol. The Balaban J connectivity index is 1.41. The maximum Gasteiger partial charge on any atom is 0.320 e. The van der Waals surface area contributed by atoms with Crippen molar-refractivity contribution in [3.63, 3.8) is 0 Å². The van der Waals surface area contributed by atoms with Gasteiger partial charge in [-0.15, -0.1) is 0 Å². The number of aryl methyl sites for hydroxylation is 1. The van der Waals surface area contributed by atoms with Crippen molar-refractivity contribution in [3.8, 4) is 0 Å². The van der Waals surface area contributed by atoms with Gasteiger partial charge < -0.3 is 9.73 Å². The summed E-state index contributed by atoms with van der Waals surface area (Å²) in [5.74, 6) is 2.16. The fraction of sp³-hybridized carbons (Fsp3) is 0.368. The van der Waals surface area contributed by atoms with E-state index in [4.69, 9.17) is 4.42 Å². The normalized spacial score (nSPS) is 15.3. The van der Waals surface area contributed by atoms with Gasteiger partial charge in [-0.3, -0.25) is 5.32 Å². The van der Waals surface area contributed by atoms with E-state index in [9.17, 15) is 4.79 Å². The van der Waals surface area contributed by atoms with Gasteiger partial charge in [0.2, 0.25) is 0 Å². The van der Waals surface area contributed by atoms with Gasteiger partial charge in [0.15, 0.2) is 0 Å². The van der Waals surface area contributed by atoms with Crippen molar-refractivity contribution in [2.45, 2.75) is 39.3 Å². The van der Waals surface area contributed by atoms with Crippen molar-refractivity contribution in [2.24, 2.45) is 5.92 Å². The van der Waals surface area contributed by atoms with Gasteiger partial charge in [-0.25, -0.2) is 9.48 Å². The summed E-state index contributed by atoms with van der Waals surface area (Å²) in [5, 5.41) is 11.3. The number of anilines is 1. The number of carbonyl (C=O) groups excluding carboxylic acids is 1. The first-order valence-electron chi connectivity index (χ1n) is 8.68. The lowest BCUT2D eigenvalue weighted by Crippen LogP contribution is -2.30. The van der Waals surface area contributed by atoms with Crippen LogP contribution in [0, 0.1) is 12.8 Å². The molecule has 1 aliphatic rings. The molecule has 1 atom stereocenters. The van der Waals surface area contributed by atoms with Crippen LogP contribution in [0.5, 0.6) is 0 Å². The van der Waals surface area contributed by atoms with Crippen LogP contribution in [0.4, 0.5) is 10.6 Å². The summed E-state index contributed by atoms with van der Waals surface area (Å²) in [6.07, 6.45) is 4.27. The quantitative estimate of drug-likeness (QED) is 0.731. The van der Waals surface area contributed by atoms with Crippen molar-refractivity contribution >= 4 is 22.8 Å². The number of furan rings is 1. The Morgan fingerprint density at radius 2 is 2.20 bits per heavy atom. The molecule has 25 heavy (non-hydrogen) atoms. The zero-order valence-corrected chi connectivity index (χ0v) is 14.5. The average Bonchev–Trinajstić information content (AvgIpc) is 3.28. The van der Waals surface area contributed by atoms with E-state index in [1.54, 1.807) is 6.20 Å². The van der Waals surface area contributed by atoms with Crippen molar-refractivity contribution in [1.82, 2.24) is 15.1 Å². The Kier molecular flexibility index (Phi) is 3.95. The summed E-state index contributed by atoms with van der Waals surface area (Å²) in [6, 6.07) is 9.80. The maximum absolute atomic E-state index is 12.3. The second kappa shape index (κ2) is 6.27. The lowest BCUT2D eigenvalue weighted by molar-refractivity contribution is 0.250. The summed E-state index contributed by atoms with van der Waals surface area (Å²) < 4.78 is 7.64. The number of para-hydroxylation sites is 1. The van der Waals surface area contributed by atoms with Gasteiger partial charge in [-0.1, -0.05) is 18.2 Å². The van der Waals surface area contributed by atoms with E-state index in [2.05, 4.69) is 22.7 Å². The van der Waals surface area contributed by atoms with E-state index in [0.29, 0.717) is 18.5 Å². The molecule has 0 radical (unpaired) electrons. The molecule has 1 aliphatic carbocycles. The standard InChI is InChI=1S/C19H22N4O2/c1-12-10-21-23(13(2)14-7-8-14)18(12)22-19(24)20-11-16-9-15-5-3-4-6-17(15)25-16/h3-6,9-10,13-14H,7-8,11H2,1-2H3,(H2,20,22,24)/t13-/m0/s1. The lowest BCUT2D eigenvalue weighted by Gasteiger charge is -2.16. The maximum atomic E-state index is 12.3. The summed E-state index contributed by atoms with van der Waals surface area (Å²) in [4.78, 5) is 12.3. The number of fused-ring (bicyclic) bond motifs is 1. The van der Waals surface area contributed by atoms with Crippen LogP contribution in [-0.4, -0.2) is 15.8 Å². The van der Waals surface area contributed by atoms with E-state index in [1.807, 2.05) is 41.9 Å². The highest BCUT2D eigenvalue weighted by Gasteiger charge is 2.31. The van der Waals surface area contributed by atoms with Crippen LogP contribution in [-0.2, 0) is 6.54 Å². The Morgan fingerprint density at radius 3 is 2.96 bits per heavy atom. The molecule has 2 aromatic heterocycles. The molecule has 6 heteroatoms. The number of carbonyl (C=O) groups is 1. The molecule has 0 spiro atoms. The Labute approximate surface area is 146 Å². The van der Waals surface area contributed by atoms with Gasteiger partial charge in [0.1, 0.15) is 17.2 Å². The second-order valence-electron chi connectivity index (χ2n) is 6.76. The minimum Gasteiger partial charge on any atom is -0.459 e. The number of urea groups is 1. The van der Waals surface area contributed by atoms with Crippen LogP contribution < -0.4 is 10.6 Å². The van der Waals surface area contributed by atoms with Crippen LogP contribution in [0.15, 0.2) is 40.9 Å². The molecule has 6 nitrogen and oxygen atoms in total. The Bertz CT molecular complexity index is 874. The van der Waals surface area contributed by atoms with Crippen LogP contribution in [0.1, 0.15) is 37.1 Å². The topological polar surface area (TPSA) is 72.1 Å². The first-order chi connectivity index (χ1) is 12.1. The zero-order valence-electron chi connectivity index (χ0n) is 14.5. The van der Waals surface area contributed by atoms with E-state index in [0.717, 1.165) is 28.1 Å². The lowest BCUT2D eigenvalue weighted by atomic mass is 10.2. The van der Waals surface area contributed by atoms with Gasteiger partial charge in [0.25, 0.3) is 0 Å². The number of rotatable bonds is 5. The number of hydrogen-bond acceptors (Lipinski definition) is 3. The fourth-order valence-electron chi connectivity index (χ4n) is 3.13. The third-order valence-corrected chi connectivity index (χ3v) is 4.80. The van der Waals surface area contributed by atoms with Crippen molar-refractivity contribution in [1.29, 1.82) is 0 Å². The molecule has 0 aliphatic heterocycles.